The van der Waals surface area contributed by atoms with Crippen LogP contribution in [-0.2, 0) is 0 Å². The van der Waals surface area contributed by atoms with Crippen molar-refractivity contribution in [2.75, 3.05) is 26.7 Å². The summed E-state index contributed by atoms with van der Waals surface area (Å²) in [6, 6.07) is 0.0876. The summed E-state index contributed by atoms with van der Waals surface area (Å²) in [6.45, 7) is 12.5. The summed E-state index contributed by atoms with van der Waals surface area (Å²) < 4.78 is 0. The zero-order chi connectivity index (χ0) is 14.8. The van der Waals surface area contributed by atoms with Gasteiger partial charge in [-0.25, -0.2) is 4.79 Å². The van der Waals surface area contributed by atoms with Crippen molar-refractivity contribution < 1.29 is 9.90 Å². The van der Waals surface area contributed by atoms with Gasteiger partial charge in [0.25, 0.3) is 0 Å². The summed E-state index contributed by atoms with van der Waals surface area (Å²) in [5.74, 6) is 0.477. The molecule has 0 atom stereocenters. The first-order chi connectivity index (χ1) is 8.57. The average molecular weight is 270 g/mol. The molecule has 4 heteroatoms. The largest absolute Gasteiger partial charge is 0.389 e. The number of urea groups is 1. The molecule has 0 saturated carbocycles. The molecule has 0 radical (unpaired) electrons. The Morgan fingerprint density at radius 2 is 1.79 bits per heavy atom. The van der Waals surface area contributed by atoms with Gasteiger partial charge >= 0.3 is 6.03 Å². The second kappa shape index (κ2) is 5.70. The first kappa shape index (κ1) is 16.3. The maximum Gasteiger partial charge on any atom is 0.319 e. The number of aliphatic hydroxyl groups is 1. The molecule has 0 aromatic heterocycles. The fourth-order valence-corrected chi connectivity index (χ4v) is 2.69. The molecule has 1 rings (SSSR count). The highest BCUT2D eigenvalue weighted by atomic mass is 16.3. The van der Waals surface area contributed by atoms with Gasteiger partial charge in [-0.2, -0.15) is 0 Å². The molecule has 0 bridgehead atoms. The summed E-state index contributed by atoms with van der Waals surface area (Å²) in [5, 5.41) is 10.6. The Hall–Kier alpha value is -0.770. The number of nitrogens with zero attached hydrogens (tertiary/aromatic N) is 2. The molecule has 1 aliphatic rings. The molecule has 0 aliphatic carbocycles. The van der Waals surface area contributed by atoms with Crippen LogP contribution in [0.1, 0.15) is 47.5 Å². The lowest BCUT2D eigenvalue weighted by Gasteiger charge is -2.46. The maximum atomic E-state index is 12.3. The van der Waals surface area contributed by atoms with Crippen molar-refractivity contribution in [1.82, 2.24) is 9.80 Å². The molecule has 1 aliphatic heterocycles. The Morgan fingerprint density at radius 3 is 2.16 bits per heavy atom. The number of carbonyl (C=O) groups is 1. The smallest absolute Gasteiger partial charge is 0.319 e. The summed E-state index contributed by atoms with van der Waals surface area (Å²) in [6.07, 6.45) is 1.33. The van der Waals surface area contributed by atoms with Crippen LogP contribution < -0.4 is 0 Å². The zero-order valence-corrected chi connectivity index (χ0v) is 13.4. The Balaban J connectivity index is 2.57. The van der Waals surface area contributed by atoms with Crippen molar-refractivity contribution in [2.45, 2.75) is 53.1 Å². The van der Waals surface area contributed by atoms with Gasteiger partial charge in [0, 0.05) is 26.7 Å². The van der Waals surface area contributed by atoms with Crippen molar-refractivity contribution in [3.05, 3.63) is 0 Å². The maximum absolute atomic E-state index is 12.3. The summed E-state index contributed by atoms with van der Waals surface area (Å²) in [5.41, 5.74) is -0.785. The van der Waals surface area contributed by atoms with Crippen LogP contribution in [0.5, 0.6) is 0 Å². The Bertz CT molecular complexity index is 313. The number of piperidine rings is 1. The lowest BCUT2D eigenvalue weighted by atomic mass is 9.71. The van der Waals surface area contributed by atoms with Crippen LogP contribution in [0.25, 0.3) is 0 Å². The van der Waals surface area contributed by atoms with Crippen LogP contribution in [0, 0.1) is 11.3 Å². The summed E-state index contributed by atoms with van der Waals surface area (Å²) in [4.78, 5) is 15.9. The van der Waals surface area contributed by atoms with Crippen LogP contribution in [-0.4, -0.2) is 53.2 Å². The van der Waals surface area contributed by atoms with Gasteiger partial charge in [0.05, 0.1) is 5.60 Å². The second-order valence-electron chi connectivity index (χ2n) is 7.33. The van der Waals surface area contributed by atoms with E-state index in [1.807, 2.05) is 11.9 Å². The summed E-state index contributed by atoms with van der Waals surface area (Å²) >= 11 is 0. The molecule has 0 aromatic rings. The number of amides is 2. The van der Waals surface area contributed by atoms with E-state index in [1.54, 1.807) is 4.90 Å². The fourth-order valence-electron chi connectivity index (χ4n) is 2.69. The SMILES string of the molecule is CC(C)CN(C)C(=O)N1CCC(O)(C(C)(C)C)CC1. The molecule has 112 valence electrons. The first-order valence-corrected chi connectivity index (χ1v) is 7.29. The molecule has 0 spiro atoms. The van der Waals surface area contributed by atoms with Gasteiger partial charge in [0.15, 0.2) is 0 Å². The third kappa shape index (κ3) is 3.85. The number of rotatable bonds is 2. The Morgan fingerprint density at radius 1 is 1.32 bits per heavy atom. The monoisotopic (exact) mass is 270 g/mol. The molecule has 4 nitrogen and oxygen atoms in total. The second-order valence-corrected chi connectivity index (χ2v) is 7.33. The normalized spacial score (nSPS) is 19.7. The van der Waals surface area contributed by atoms with Gasteiger partial charge in [-0.05, 0) is 24.2 Å². The molecule has 1 saturated heterocycles. The lowest BCUT2D eigenvalue weighted by Crippen LogP contribution is -2.55. The first-order valence-electron chi connectivity index (χ1n) is 7.29. The van der Waals surface area contributed by atoms with Crippen molar-refractivity contribution in [1.29, 1.82) is 0 Å². The van der Waals surface area contributed by atoms with E-state index >= 15 is 0 Å². The number of hydrogen-bond donors (Lipinski definition) is 1. The van der Waals surface area contributed by atoms with Gasteiger partial charge in [-0.3, -0.25) is 0 Å². The minimum Gasteiger partial charge on any atom is -0.389 e. The van der Waals surface area contributed by atoms with Gasteiger partial charge in [-0.15, -0.1) is 0 Å². The third-order valence-corrected chi connectivity index (χ3v) is 4.22. The van der Waals surface area contributed by atoms with E-state index in [2.05, 4.69) is 34.6 Å². The minimum absolute atomic E-state index is 0.0876. The van der Waals surface area contributed by atoms with E-state index in [0.717, 1.165) is 6.54 Å². The van der Waals surface area contributed by atoms with Crippen LogP contribution in [0.3, 0.4) is 0 Å². The molecular formula is C15H30N2O2. The molecule has 2 amide bonds. The highest BCUT2D eigenvalue weighted by Gasteiger charge is 2.43. The molecule has 1 fully saturated rings. The van der Waals surface area contributed by atoms with Crippen LogP contribution in [0.4, 0.5) is 4.79 Å². The average Bonchev–Trinajstić information content (AvgIpc) is 2.26. The number of carbonyl (C=O) groups excluding carboxylic acids is 1. The molecule has 1 heterocycles. The third-order valence-electron chi connectivity index (χ3n) is 4.22. The summed E-state index contributed by atoms with van der Waals surface area (Å²) in [7, 11) is 1.85. The van der Waals surface area contributed by atoms with E-state index in [9.17, 15) is 9.90 Å². The quantitative estimate of drug-likeness (QED) is 0.838. The van der Waals surface area contributed by atoms with Crippen molar-refractivity contribution >= 4 is 6.03 Å². The highest BCUT2D eigenvalue weighted by Crippen LogP contribution is 2.38. The predicted octanol–water partition coefficient (Wildman–Crippen LogP) is 2.57. The fraction of sp³-hybridized carbons (Fsp3) is 0.933. The van der Waals surface area contributed by atoms with Gasteiger partial charge < -0.3 is 14.9 Å². The molecular weight excluding hydrogens is 240 g/mol. The Labute approximate surface area is 117 Å². The molecule has 0 aromatic carbocycles. The number of likely N-dealkylation sites (tertiary alicyclic amines) is 1. The van der Waals surface area contributed by atoms with Gasteiger partial charge in [0.1, 0.15) is 0 Å². The standard InChI is InChI=1S/C15H30N2O2/c1-12(2)11-16(6)13(18)17-9-7-15(19,8-10-17)14(3,4)5/h12,19H,7-11H2,1-6H3. The van der Waals surface area contributed by atoms with Crippen LogP contribution in [0.15, 0.2) is 0 Å². The predicted molar refractivity (Wildman–Crippen MR) is 78.1 cm³/mol. The lowest BCUT2D eigenvalue weighted by molar-refractivity contribution is -0.0941. The van der Waals surface area contributed by atoms with Crippen molar-refractivity contribution in [2.24, 2.45) is 11.3 Å². The highest BCUT2D eigenvalue weighted by molar-refractivity contribution is 5.74. The molecule has 19 heavy (non-hydrogen) atoms. The molecule has 0 unspecified atom stereocenters. The van der Waals surface area contributed by atoms with E-state index in [4.69, 9.17) is 0 Å². The van der Waals surface area contributed by atoms with Crippen molar-refractivity contribution in [3.63, 3.8) is 0 Å². The van der Waals surface area contributed by atoms with E-state index < -0.39 is 5.60 Å². The molecule has 1 N–H and O–H groups in total. The van der Waals surface area contributed by atoms with Gasteiger partial charge in [0.2, 0.25) is 0 Å². The van der Waals surface area contributed by atoms with Crippen LogP contribution >= 0.6 is 0 Å². The van der Waals surface area contributed by atoms with E-state index in [0.29, 0.717) is 31.8 Å². The number of hydrogen-bond acceptors (Lipinski definition) is 2. The Kier molecular flexibility index (Phi) is 4.88. The van der Waals surface area contributed by atoms with Crippen LogP contribution in [0.2, 0.25) is 0 Å². The van der Waals surface area contributed by atoms with E-state index in [-0.39, 0.29) is 11.4 Å². The zero-order valence-electron chi connectivity index (χ0n) is 13.4. The topological polar surface area (TPSA) is 43.8 Å². The van der Waals surface area contributed by atoms with Crippen molar-refractivity contribution in [3.8, 4) is 0 Å². The van der Waals surface area contributed by atoms with E-state index in [1.165, 1.54) is 0 Å². The van der Waals surface area contributed by atoms with Gasteiger partial charge in [-0.1, -0.05) is 34.6 Å². The minimum atomic E-state index is -0.652.